The highest BCUT2D eigenvalue weighted by molar-refractivity contribution is 7.99. The summed E-state index contributed by atoms with van der Waals surface area (Å²) in [5.74, 6) is 0. The van der Waals surface area contributed by atoms with E-state index >= 15 is 0 Å². The second kappa shape index (κ2) is 6.67. The Kier molecular flexibility index (Phi) is 5.17. The first-order chi connectivity index (χ1) is 9.10. The Labute approximate surface area is 128 Å². The van der Waals surface area contributed by atoms with Gasteiger partial charge in [-0.1, -0.05) is 47.1 Å². The number of hydrogen-bond acceptors (Lipinski definition) is 2. The molecule has 2 rings (SSSR count). The maximum Gasteiger partial charge on any atom is 0.0546 e. The predicted molar refractivity (Wildman–Crippen MR) is 84.5 cm³/mol. The van der Waals surface area contributed by atoms with Crippen molar-refractivity contribution in [1.29, 1.82) is 0 Å². The third kappa shape index (κ3) is 3.90. The molecule has 0 saturated heterocycles. The Morgan fingerprint density at radius 3 is 2.53 bits per heavy atom. The highest BCUT2D eigenvalue weighted by atomic mass is 35.5. The van der Waals surface area contributed by atoms with Gasteiger partial charge in [0.25, 0.3) is 0 Å². The van der Waals surface area contributed by atoms with Gasteiger partial charge in [0, 0.05) is 14.8 Å². The number of nitrogens with two attached hydrogens (primary N) is 1. The average molecular weight is 312 g/mol. The number of halogens is 2. The molecule has 0 spiro atoms. The van der Waals surface area contributed by atoms with Crippen molar-refractivity contribution in [3.8, 4) is 0 Å². The van der Waals surface area contributed by atoms with E-state index < -0.39 is 0 Å². The SMILES string of the molecule is Cc1cc(CCN)ccc1Sc1cc(Cl)ccc1Cl. The molecule has 100 valence electrons. The summed E-state index contributed by atoms with van der Waals surface area (Å²) >= 11 is 13.8. The van der Waals surface area contributed by atoms with Crippen LogP contribution in [0, 0.1) is 6.92 Å². The van der Waals surface area contributed by atoms with Crippen LogP contribution in [0.5, 0.6) is 0 Å². The molecule has 0 unspecified atom stereocenters. The van der Waals surface area contributed by atoms with Crippen LogP contribution in [0.1, 0.15) is 11.1 Å². The van der Waals surface area contributed by atoms with Gasteiger partial charge >= 0.3 is 0 Å². The van der Waals surface area contributed by atoms with Crippen LogP contribution in [0.15, 0.2) is 46.2 Å². The van der Waals surface area contributed by atoms with Gasteiger partial charge in [-0.05, 0) is 55.3 Å². The lowest BCUT2D eigenvalue weighted by molar-refractivity contribution is 0.963. The fourth-order valence-corrected chi connectivity index (χ4v) is 3.24. The van der Waals surface area contributed by atoms with Crippen LogP contribution in [-0.2, 0) is 6.42 Å². The molecule has 19 heavy (non-hydrogen) atoms. The lowest BCUT2D eigenvalue weighted by Crippen LogP contribution is -2.02. The number of benzene rings is 2. The van der Waals surface area contributed by atoms with Crippen LogP contribution in [0.3, 0.4) is 0 Å². The Balaban J connectivity index is 2.25. The minimum Gasteiger partial charge on any atom is -0.330 e. The largest absolute Gasteiger partial charge is 0.330 e. The summed E-state index contributed by atoms with van der Waals surface area (Å²) in [7, 11) is 0. The van der Waals surface area contributed by atoms with E-state index in [2.05, 4.69) is 25.1 Å². The van der Waals surface area contributed by atoms with Crippen molar-refractivity contribution in [2.75, 3.05) is 6.54 Å². The van der Waals surface area contributed by atoms with Gasteiger partial charge in [-0.2, -0.15) is 0 Å². The van der Waals surface area contributed by atoms with Crippen molar-refractivity contribution >= 4 is 35.0 Å². The van der Waals surface area contributed by atoms with Gasteiger partial charge in [-0.3, -0.25) is 0 Å². The van der Waals surface area contributed by atoms with Gasteiger partial charge in [0.15, 0.2) is 0 Å². The summed E-state index contributed by atoms with van der Waals surface area (Å²) in [6.45, 7) is 2.77. The number of aryl methyl sites for hydroxylation is 1. The summed E-state index contributed by atoms with van der Waals surface area (Å²) in [4.78, 5) is 2.16. The van der Waals surface area contributed by atoms with Gasteiger partial charge in [-0.15, -0.1) is 0 Å². The third-order valence-corrected chi connectivity index (χ3v) is 4.70. The monoisotopic (exact) mass is 311 g/mol. The highest BCUT2D eigenvalue weighted by Crippen LogP contribution is 2.36. The Bertz CT molecular complexity index is 584. The molecule has 0 fully saturated rings. The molecule has 2 aromatic carbocycles. The normalized spacial score (nSPS) is 10.7. The van der Waals surface area contributed by atoms with Crippen LogP contribution in [0.2, 0.25) is 10.0 Å². The first-order valence-corrected chi connectivity index (χ1v) is 7.60. The number of rotatable bonds is 4. The maximum absolute atomic E-state index is 6.18. The summed E-state index contributed by atoms with van der Waals surface area (Å²) in [5.41, 5.74) is 8.07. The van der Waals surface area contributed by atoms with E-state index in [0.717, 1.165) is 16.3 Å². The van der Waals surface area contributed by atoms with Gasteiger partial charge in [-0.25, -0.2) is 0 Å². The molecule has 2 N–H and O–H groups in total. The molecule has 0 aromatic heterocycles. The minimum absolute atomic E-state index is 0.673. The molecular formula is C15H15Cl2NS. The predicted octanol–water partition coefficient (Wildman–Crippen LogP) is 4.95. The van der Waals surface area contributed by atoms with E-state index in [1.165, 1.54) is 16.0 Å². The van der Waals surface area contributed by atoms with Crippen molar-refractivity contribution in [2.24, 2.45) is 5.73 Å². The lowest BCUT2D eigenvalue weighted by atomic mass is 10.1. The Morgan fingerprint density at radius 2 is 1.84 bits per heavy atom. The molecule has 2 aromatic rings. The van der Waals surface area contributed by atoms with E-state index in [1.54, 1.807) is 17.8 Å². The summed E-state index contributed by atoms with van der Waals surface area (Å²) < 4.78 is 0. The standard InChI is InChI=1S/C15H15Cl2NS/c1-10-8-11(6-7-18)2-5-14(10)19-15-9-12(16)3-4-13(15)17/h2-5,8-9H,6-7,18H2,1H3. The first-order valence-electron chi connectivity index (χ1n) is 6.02. The fourth-order valence-electron chi connectivity index (χ4n) is 1.82. The van der Waals surface area contributed by atoms with Crippen molar-refractivity contribution in [3.63, 3.8) is 0 Å². The molecule has 0 aliphatic heterocycles. The topological polar surface area (TPSA) is 26.0 Å². The van der Waals surface area contributed by atoms with Crippen molar-refractivity contribution in [1.82, 2.24) is 0 Å². The molecule has 0 amide bonds. The lowest BCUT2D eigenvalue weighted by Gasteiger charge is -2.09. The summed E-state index contributed by atoms with van der Waals surface area (Å²) in [6.07, 6.45) is 0.906. The highest BCUT2D eigenvalue weighted by Gasteiger charge is 2.06. The van der Waals surface area contributed by atoms with Crippen molar-refractivity contribution in [3.05, 3.63) is 57.6 Å². The molecule has 0 aliphatic rings. The molecule has 0 bridgehead atoms. The average Bonchev–Trinajstić information content (AvgIpc) is 2.37. The van der Waals surface area contributed by atoms with E-state index in [1.807, 2.05) is 12.1 Å². The van der Waals surface area contributed by atoms with Crippen LogP contribution in [-0.4, -0.2) is 6.54 Å². The quantitative estimate of drug-likeness (QED) is 0.864. The van der Waals surface area contributed by atoms with Crippen LogP contribution in [0.4, 0.5) is 0 Å². The van der Waals surface area contributed by atoms with Gasteiger partial charge < -0.3 is 5.73 Å². The summed E-state index contributed by atoms with van der Waals surface area (Å²) in [5, 5.41) is 1.42. The Hall–Kier alpha value is -0.670. The van der Waals surface area contributed by atoms with E-state index in [0.29, 0.717) is 11.6 Å². The fraction of sp³-hybridized carbons (Fsp3) is 0.200. The molecule has 0 radical (unpaired) electrons. The van der Waals surface area contributed by atoms with Gasteiger partial charge in [0.1, 0.15) is 0 Å². The molecular weight excluding hydrogens is 297 g/mol. The smallest absolute Gasteiger partial charge is 0.0546 e. The molecule has 0 aliphatic carbocycles. The molecule has 0 saturated carbocycles. The van der Waals surface area contributed by atoms with Gasteiger partial charge in [0.2, 0.25) is 0 Å². The van der Waals surface area contributed by atoms with E-state index in [-0.39, 0.29) is 0 Å². The van der Waals surface area contributed by atoms with Crippen LogP contribution >= 0.6 is 35.0 Å². The maximum atomic E-state index is 6.18. The Morgan fingerprint density at radius 1 is 1.05 bits per heavy atom. The number of hydrogen-bond donors (Lipinski definition) is 1. The second-order valence-corrected chi connectivity index (χ2v) is 6.24. The summed E-state index contributed by atoms with van der Waals surface area (Å²) in [6, 6.07) is 11.9. The van der Waals surface area contributed by atoms with Crippen LogP contribution < -0.4 is 5.73 Å². The molecule has 0 heterocycles. The molecule has 1 nitrogen and oxygen atoms in total. The van der Waals surface area contributed by atoms with Crippen molar-refractivity contribution < 1.29 is 0 Å². The van der Waals surface area contributed by atoms with Crippen LogP contribution in [0.25, 0.3) is 0 Å². The van der Waals surface area contributed by atoms with E-state index in [4.69, 9.17) is 28.9 Å². The first kappa shape index (κ1) is 14.7. The van der Waals surface area contributed by atoms with Crippen molar-refractivity contribution in [2.45, 2.75) is 23.1 Å². The second-order valence-electron chi connectivity index (χ2n) is 4.32. The molecule has 0 atom stereocenters. The van der Waals surface area contributed by atoms with Gasteiger partial charge in [0.05, 0.1) is 5.02 Å². The molecule has 4 heteroatoms. The zero-order valence-electron chi connectivity index (χ0n) is 10.6. The zero-order chi connectivity index (χ0) is 13.8. The minimum atomic E-state index is 0.673. The zero-order valence-corrected chi connectivity index (χ0v) is 12.9. The third-order valence-electron chi connectivity index (χ3n) is 2.79. The van der Waals surface area contributed by atoms with E-state index in [9.17, 15) is 0 Å².